The molecule has 0 unspecified atom stereocenters. The maximum absolute atomic E-state index is 12.5. The molecule has 0 amide bonds. The van der Waals surface area contributed by atoms with Crippen LogP contribution in [0.25, 0.3) is 11.2 Å². The molecule has 0 spiro atoms. The van der Waals surface area contributed by atoms with E-state index in [2.05, 4.69) is 10.1 Å². The average molecular weight is 322 g/mol. The highest BCUT2D eigenvalue weighted by molar-refractivity contribution is 6.35. The van der Waals surface area contributed by atoms with Crippen LogP contribution in [0, 0.1) is 6.92 Å². The summed E-state index contributed by atoms with van der Waals surface area (Å²) in [5.74, 6) is 0. The molecule has 0 radical (unpaired) electrons. The van der Waals surface area contributed by atoms with Crippen molar-refractivity contribution in [3.8, 4) is 0 Å². The minimum atomic E-state index is -0.213. The van der Waals surface area contributed by atoms with Gasteiger partial charge in [-0.1, -0.05) is 11.6 Å². The topological polar surface area (TPSA) is 77.9 Å². The first-order valence-corrected chi connectivity index (χ1v) is 7.14. The lowest BCUT2D eigenvalue weighted by molar-refractivity contribution is 0.280. The summed E-state index contributed by atoms with van der Waals surface area (Å²) < 4.78 is 4.70. The summed E-state index contributed by atoms with van der Waals surface area (Å²) in [6, 6.07) is 0. The van der Waals surface area contributed by atoms with Crippen LogP contribution in [0.15, 0.2) is 17.2 Å². The van der Waals surface area contributed by atoms with Gasteiger partial charge in [0.05, 0.1) is 24.4 Å². The SMILES string of the molecule is Cc1nc2c(c(Cl)c1CO)n(C)c(=O)n2Cc1cnn(C)c1. The van der Waals surface area contributed by atoms with E-state index in [1.807, 2.05) is 13.2 Å². The van der Waals surface area contributed by atoms with Gasteiger partial charge < -0.3 is 5.11 Å². The summed E-state index contributed by atoms with van der Waals surface area (Å²) in [5, 5.41) is 13.9. The van der Waals surface area contributed by atoms with Crippen molar-refractivity contribution in [3.63, 3.8) is 0 Å². The molecule has 1 N–H and O–H groups in total. The van der Waals surface area contributed by atoms with Gasteiger partial charge in [-0.2, -0.15) is 5.10 Å². The van der Waals surface area contributed by atoms with Gasteiger partial charge in [-0.3, -0.25) is 13.8 Å². The van der Waals surface area contributed by atoms with Crippen LogP contribution in [0.3, 0.4) is 0 Å². The summed E-state index contributed by atoms with van der Waals surface area (Å²) in [7, 11) is 3.47. The summed E-state index contributed by atoms with van der Waals surface area (Å²) in [6.45, 7) is 1.92. The highest BCUT2D eigenvalue weighted by Gasteiger charge is 2.19. The fourth-order valence-corrected chi connectivity index (χ4v) is 3.00. The second-order valence-electron chi connectivity index (χ2n) is 5.27. The molecular formula is C14H16ClN5O2. The fraction of sp³-hybridized carbons (Fsp3) is 0.357. The van der Waals surface area contributed by atoms with Crippen molar-refractivity contribution in [3.05, 3.63) is 44.7 Å². The first kappa shape index (κ1) is 14.8. The number of aromatic nitrogens is 5. The highest BCUT2D eigenvalue weighted by Crippen LogP contribution is 2.27. The third-order valence-electron chi connectivity index (χ3n) is 3.76. The molecule has 0 aliphatic rings. The first-order chi connectivity index (χ1) is 10.4. The maximum atomic E-state index is 12.5. The first-order valence-electron chi connectivity index (χ1n) is 6.76. The van der Waals surface area contributed by atoms with Gasteiger partial charge in [0.1, 0.15) is 5.52 Å². The van der Waals surface area contributed by atoms with Crippen LogP contribution in [-0.2, 0) is 27.2 Å². The monoisotopic (exact) mass is 321 g/mol. The van der Waals surface area contributed by atoms with E-state index in [4.69, 9.17) is 11.6 Å². The molecule has 3 aromatic rings. The van der Waals surface area contributed by atoms with Gasteiger partial charge in [0.2, 0.25) is 0 Å². The molecule has 0 aliphatic carbocycles. The zero-order chi connectivity index (χ0) is 16.0. The number of pyridine rings is 1. The van der Waals surface area contributed by atoms with Gasteiger partial charge >= 0.3 is 5.69 Å². The van der Waals surface area contributed by atoms with E-state index in [-0.39, 0.29) is 12.3 Å². The molecule has 0 saturated heterocycles. The molecule has 116 valence electrons. The molecule has 7 nitrogen and oxygen atoms in total. The molecule has 3 aromatic heterocycles. The molecule has 0 aromatic carbocycles. The van der Waals surface area contributed by atoms with Crippen molar-refractivity contribution in [2.45, 2.75) is 20.1 Å². The van der Waals surface area contributed by atoms with Crippen LogP contribution in [0.2, 0.25) is 5.02 Å². The number of nitrogens with zero attached hydrogens (tertiary/aromatic N) is 5. The van der Waals surface area contributed by atoms with Crippen LogP contribution >= 0.6 is 11.6 Å². The summed E-state index contributed by atoms with van der Waals surface area (Å²) in [4.78, 5) is 17.0. The summed E-state index contributed by atoms with van der Waals surface area (Å²) in [5.41, 5.74) is 2.90. The molecule has 0 saturated carbocycles. The van der Waals surface area contributed by atoms with Gasteiger partial charge in [0.25, 0.3) is 0 Å². The third-order valence-corrected chi connectivity index (χ3v) is 4.17. The smallest absolute Gasteiger partial charge is 0.330 e. The number of aliphatic hydroxyl groups excluding tert-OH is 1. The number of aryl methyl sites for hydroxylation is 3. The summed E-state index contributed by atoms with van der Waals surface area (Å²) >= 11 is 6.36. The van der Waals surface area contributed by atoms with Crippen molar-refractivity contribution < 1.29 is 5.11 Å². The Bertz CT molecular complexity index is 922. The van der Waals surface area contributed by atoms with E-state index in [1.165, 1.54) is 4.57 Å². The Kier molecular flexibility index (Phi) is 3.54. The number of halogens is 1. The van der Waals surface area contributed by atoms with E-state index in [9.17, 15) is 9.90 Å². The van der Waals surface area contributed by atoms with Crippen molar-refractivity contribution in [2.24, 2.45) is 14.1 Å². The number of rotatable bonds is 3. The lowest BCUT2D eigenvalue weighted by atomic mass is 10.2. The van der Waals surface area contributed by atoms with E-state index in [1.54, 1.807) is 29.4 Å². The van der Waals surface area contributed by atoms with E-state index < -0.39 is 0 Å². The molecule has 0 fully saturated rings. The minimum Gasteiger partial charge on any atom is -0.392 e. The number of hydrogen-bond donors (Lipinski definition) is 1. The van der Waals surface area contributed by atoms with Crippen LogP contribution < -0.4 is 5.69 Å². The number of hydrogen-bond acceptors (Lipinski definition) is 4. The standard InChI is InChI=1S/C14H16ClN5O2/c1-8-10(7-21)11(15)12-13(17-8)20(14(22)19(12)3)6-9-4-16-18(2)5-9/h4-5,21H,6-7H2,1-3H3. The van der Waals surface area contributed by atoms with Crippen LogP contribution in [0.4, 0.5) is 0 Å². The van der Waals surface area contributed by atoms with Gasteiger partial charge in [0.15, 0.2) is 5.65 Å². The maximum Gasteiger partial charge on any atom is 0.330 e. The van der Waals surface area contributed by atoms with Crippen LogP contribution in [0.5, 0.6) is 0 Å². The molecule has 8 heteroatoms. The van der Waals surface area contributed by atoms with Gasteiger partial charge in [-0.25, -0.2) is 9.78 Å². The predicted octanol–water partition coefficient (Wildman–Crippen LogP) is 0.971. The lowest BCUT2D eigenvalue weighted by Crippen LogP contribution is -2.22. The van der Waals surface area contributed by atoms with Gasteiger partial charge in [-0.15, -0.1) is 0 Å². The Labute approximate surface area is 131 Å². The van der Waals surface area contributed by atoms with Crippen molar-refractivity contribution in [1.29, 1.82) is 0 Å². The Balaban J connectivity index is 2.27. The fourth-order valence-electron chi connectivity index (χ4n) is 2.59. The predicted molar refractivity (Wildman–Crippen MR) is 83.0 cm³/mol. The zero-order valence-electron chi connectivity index (χ0n) is 12.5. The van der Waals surface area contributed by atoms with E-state index in [0.29, 0.717) is 34.0 Å². The average Bonchev–Trinajstić information content (AvgIpc) is 2.97. The Morgan fingerprint density at radius 1 is 1.36 bits per heavy atom. The Morgan fingerprint density at radius 3 is 2.68 bits per heavy atom. The molecule has 3 heterocycles. The largest absolute Gasteiger partial charge is 0.392 e. The van der Waals surface area contributed by atoms with Crippen LogP contribution in [-0.4, -0.2) is 29.0 Å². The normalized spacial score (nSPS) is 11.5. The Hall–Kier alpha value is -2.12. The van der Waals surface area contributed by atoms with Gasteiger partial charge in [-0.05, 0) is 6.92 Å². The molecule has 0 bridgehead atoms. The second kappa shape index (κ2) is 5.26. The quantitative estimate of drug-likeness (QED) is 0.780. The minimum absolute atomic E-state index is 0.206. The van der Waals surface area contributed by atoms with Gasteiger partial charge in [0, 0.05) is 37.1 Å². The molecular weight excluding hydrogens is 306 g/mol. The third kappa shape index (κ3) is 2.13. The Morgan fingerprint density at radius 2 is 2.09 bits per heavy atom. The highest BCUT2D eigenvalue weighted by atomic mass is 35.5. The molecule has 0 atom stereocenters. The number of imidazole rings is 1. The number of aliphatic hydroxyl groups is 1. The number of fused-ring (bicyclic) bond motifs is 1. The molecule has 22 heavy (non-hydrogen) atoms. The molecule has 3 rings (SSSR count). The van der Waals surface area contributed by atoms with E-state index >= 15 is 0 Å². The van der Waals surface area contributed by atoms with Crippen molar-refractivity contribution in [2.75, 3.05) is 0 Å². The van der Waals surface area contributed by atoms with Crippen molar-refractivity contribution in [1.82, 2.24) is 23.9 Å². The molecule has 0 aliphatic heterocycles. The van der Waals surface area contributed by atoms with Crippen LogP contribution in [0.1, 0.15) is 16.8 Å². The zero-order valence-corrected chi connectivity index (χ0v) is 13.3. The second-order valence-corrected chi connectivity index (χ2v) is 5.65. The van der Waals surface area contributed by atoms with E-state index in [0.717, 1.165) is 5.56 Å². The summed E-state index contributed by atoms with van der Waals surface area (Å²) in [6.07, 6.45) is 3.56. The lowest BCUT2D eigenvalue weighted by Gasteiger charge is -2.07. The van der Waals surface area contributed by atoms with Crippen molar-refractivity contribution >= 4 is 22.8 Å².